The first-order valence-corrected chi connectivity index (χ1v) is 9.46. The molecule has 1 saturated heterocycles. The molecule has 5 nitrogen and oxygen atoms in total. The molecule has 0 atom stereocenters. The van der Waals surface area contributed by atoms with Crippen molar-refractivity contribution in [1.82, 2.24) is 4.90 Å². The Bertz CT molecular complexity index is 811. The molecule has 27 heavy (non-hydrogen) atoms. The first kappa shape index (κ1) is 19.0. The molecule has 0 aromatic heterocycles. The molecule has 1 aliphatic heterocycles. The summed E-state index contributed by atoms with van der Waals surface area (Å²) >= 11 is 0. The quantitative estimate of drug-likeness (QED) is 0.833. The minimum Gasteiger partial charge on any atom is -0.493 e. The van der Waals surface area contributed by atoms with Gasteiger partial charge in [0, 0.05) is 29.9 Å². The van der Waals surface area contributed by atoms with Crippen molar-refractivity contribution in [1.29, 1.82) is 0 Å². The number of likely N-dealkylation sites (tertiary alicyclic amines) is 1. The Hall–Kier alpha value is -2.82. The van der Waals surface area contributed by atoms with Crippen molar-refractivity contribution >= 4 is 17.5 Å². The lowest BCUT2D eigenvalue weighted by molar-refractivity contribution is 0.0792. The van der Waals surface area contributed by atoms with Gasteiger partial charge in [-0.15, -0.1) is 0 Å². The maximum atomic E-state index is 12.6. The van der Waals surface area contributed by atoms with E-state index < -0.39 is 0 Å². The molecule has 0 radical (unpaired) electrons. The largest absolute Gasteiger partial charge is 0.493 e. The summed E-state index contributed by atoms with van der Waals surface area (Å²) in [6.45, 7) is 6.36. The highest BCUT2D eigenvalue weighted by atomic mass is 16.5. The van der Waals surface area contributed by atoms with Gasteiger partial charge in [0.15, 0.2) is 0 Å². The van der Waals surface area contributed by atoms with Crippen LogP contribution in [0.2, 0.25) is 0 Å². The van der Waals surface area contributed by atoms with Gasteiger partial charge in [0.05, 0.1) is 6.61 Å². The zero-order chi connectivity index (χ0) is 19.2. The van der Waals surface area contributed by atoms with Crippen molar-refractivity contribution in [3.8, 4) is 5.75 Å². The van der Waals surface area contributed by atoms with E-state index in [4.69, 9.17) is 4.74 Å². The van der Waals surface area contributed by atoms with Crippen LogP contribution in [0.3, 0.4) is 0 Å². The fourth-order valence-corrected chi connectivity index (χ4v) is 3.03. The second-order valence-electron chi connectivity index (χ2n) is 7.27. The van der Waals surface area contributed by atoms with Crippen molar-refractivity contribution in [3.63, 3.8) is 0 Å². The number of ether oxygens (including phenoxy) is 1. The van der Waals surface area contributed by atoms with Crippen LogP contribution in [0.1, 0.15) is 47.4 Å². The molecule has 0 bridgehead atoms. The number of nitrogens with zero attached hydrogens (tertiary/aromatic N) is 1. The summed E-state index contributed by atoms with van der Waals surface area (Å²) in [6.07, 6.45) is 2.11. The van der Waals surface area contributed by atoms with Gasteiger partial charge >= 0.3 is 0 Å². The number of nitrogens with one attached hydrogen (secondary N) is 1. The standard InChI is InChI=1S/C22H26N2O3/c1-16(2)15-27-20-10-6-7-17(14-20)21(25)23-19-9-5-8-18(13-19)22(26)24-11-3-4-12-24/h5-10,13-14,16H,3-4,11-12,15H2,1-2H3,(H,23,25). The summed E-state index contributed by atoms with van der Waals surface area (Å²) < 4.78 is 5.69. The number of hydrogen-bond donors (Lipinski definition) is 1. The highest BCUT2D eigenvalue weighted by Crippen LogP contribution is 2.19. The van der Waals surface area contributed by atoms with Gasteiger partial charge in [-0.3, -0.25) is 9.59 Å². The maximum Gasteiger partial charge on any atom is 0.255 e. The SMILES string of the molecule is CC(C)COc1cccc(C(=O)Nc2cccc(C(=O)N3CCCC3)c2)c1. The summed E-state index contributed by atoms with van der Waals surface area (Å²) in [6, 6.07) is 14.2. The van der Waals surface area contributed by atoms with Crippen LogP contribution < -0.4 is 10.1 Å². The summed E-state index contributed by atoms with van der Waals surface area (Å²) in [5.74, 6) is 0.885. The van der Waals surface area contributed by atoms with E-state index in [0.29, 0.717) is 35.1 Å². The van der Waals surface area contributed by atoms with E-state index in [1.54, 1.807) is 42.5 Å². The summed E-state index contributed by atoms with van der Waals surface area (Å²) in [5, 5.41) is 2.87. The Morgan fingerprint density at radius 3 is 2.48 bits per heavy atom. The number of hydrogen-bond acceptors (Lipinski definition) is 3. The monoisotopic (exact) mass is 366 g/mol. The molecule has 2 aromatic rings. The highest BCUT2D eigenvalue weighted by molar-refractivity contribution is 6.05. The summed E-state index contributed by atoms with van der Waals surface area (Å²) in [7, 11) is 0. The summed E-state index contributed by atoms with van der Waals surface area (Å²) in [4.78, 5) is 27.0. The molecular weight excluding hydrogens is 340 g/mol. The molecule has 5 heteroatoms. The molecule has 3 rings (SSSR count). The van der Waals surface area contributed by atoms with Crippen LogP contribution in [0.5, 0.6) is 5.75 Å². The molecule has 1 aliphatic rings. The normalized spacial score (nSPS) is 13.7. The van der Waals surface area contributed by atoms with Gasteiger partial charge < -0.3 is 15.0 Å². The van der Waals surface area contributed by atoms with Gasteiger partial charge in [-0.1, -0.05) is 26.0 Å². The van der Waals surface area contributed by atoms with Crippen molar-refractivity contribution in [2.75, 3.05) is 25.0 Å². The third kappa shape index (κ3) is 5.09. The summed E-state index contributed by atoms with van der Waals surface area (Å²) in [5.41, 5.74) is 1.73. The molecule has 1 fully saturated rings. The molecule has 1 heterocycles. The topological polar surface area (TPSA) is 58.6 Å². The number of anilines is 1. The van der Waals surface area contributed by atoms with Crippen molar-refractivity contribution in [2.24, 2.45) is 5.92 Å². The van der Waals surface area contributed by atoms with Crippen LogP contribution in [0, 0.1) is 5.92 Å². The first-order chi connectivity index (χ1) is 13.0. The fourth-order valence-electron chi connectivity index (χ4n) is 3.03. The average Bonchev–Trinajstić information content (AvgIpc) is 3.21. The van der Waals surface area contributed by atoms with Gasteiger partial charge in [0.2, 0.25) is 0 Å². The number of benzene rings is 2. The van der Waals surface area contributed by atoms with E-state index in [-0.39, 0.29) is 11.8 Å². The van der Waals surface area contributed by atoms with Crippen LogP contribution in [0.25, 0.3) is 0 Å². The molecule has 0 aliphatic carbocycles. The number of carbonyl (C=O) groups is 2. The molecule has 0 spiro atoms. The highest BCUT2D eigenvalue weighted by Gasteiger charge is 2.19. The lowest BCUT2D eigenvalue weighted by Crippen LogP contribution is -2.27. The lowest BCUT2D eigenvalue weighted by Gasteiger charge is -2.16. The van der Waals surface area contributed by atoms with Crippen LogP contribution in [0.15, 0.2) is 48.5 Å². The first-order valence-electron chi connectivity index (χ1n) is 9.46. The molecule has 0 unspecified atom stereocenters. The van der Waals surface area contributed by atoms with Gasteiger partial charge in [-0.05, 0) is 55.2 Å². The van der Waals surface area contributed by atoms with E-state index in [1.165, 1.54) is 0 Å². The Labute approximate surface area is 160 Å². The van der Waals surface area contributed by atoms with Crippen molar-refractivity contribution in [3.05, 3.63) is 59.7 Å². The zero-order valence-electron chi connectivity index (χ0n) is 15.9. The van der Waals surface area contributed by atoms with E-state index >= 15 is 0 Å². The van der Waals surface area contributed by atoms with Gasteiger partial charge in [0.25, 0.3) is 11.8 Å². The molecule has 2 amide bonds. The van der Waals surface area contributed by atoms with E-state index in [0.717, 1.165) is 25.9 Å². The fraction of sp³-hybridized carbons (Fsp3) is 0.364. The van der Waals surface area contributed by atoms with Crippen LogP contribution in [-0.2, 0) is 0 Å². The Kier molecular flexibility index (Phi) is 6.12. The minimum absolute atomic E-state index is 0.0210. The zero-order valence-corrected chi connectivity index (χ0v) is 15.9. The van der Waals surface area contributed by atoms with E-state index in [1.807, 2.05) is 11.0 Å². The van der Waals surface area contributed by atoms with E-state index in [9.17, 15) is 9.59 Å². The van der Waals surface area contributed by atoms with Gasteiger partial charge in [0.1, 0.15) is 5.75 Å². The van der Waals surface area contributed by atoms with Crippen molar-refractivity contribution in [2.45, 2.75) is 26.7 Å². The van der Waals surface area contributed by atoms with Crippen LogP contribution in [-0.4, -0.2) is 36.4 Å². The van der Waals surface area contributed by atoms with Gasteiger partial charge in [-0.2, -0.15) is 0 Å². The lowest BCUT2D eigenvalue weighted by atomic mass is 10.1. The molecular formula is C22H26N2O3. The molecule has 142 valence electrons. The molecule has 2 aromatic carbocycles. The van der Waals surface area contributed by atoms with Crippen molar-refractivity contribution < 1.29 is 14.3 Å². The van der Waals surface area contributed by atoms with Crippen LogP contribution in [0.4, 0.5) is 5.69 Å². The number of amides is 2. The average molecular weight is 366 g/mol. The Morgan fingerprint density at radius 2 is 1.74 bits per heavy atom. The Morgan fingerprint density at radius 1 is 1.04 bits per heavy atom. The second kappa shape index (κ2) is 8.71. The van der Waals surface area contributed by atoms with E-state index in [2.05, 4.69) is 19.2 Å². The van der Waals surface area contributed by atoms with Gasteiger partial charge in [-0.25, -0.2) is 0 Å². The second-order valence-corrected chi connectivity index (χ2v) is 7.27. The molecule has 1 N–H and O–H groups in total. The number of carbonyl (C=O) groups excluding carboxylic acids is 2. The van der Waals surface area contributed by atoms with Crippen LogP contribution >= 0.6 is 0 Å². The number of rotatable bonds is 6. The predicted octanol–water partition coefficient (Wildman–Crippen LogP) is 4.21. The predicted molar refractivity (Wildman–Crippen MR) is 106 cm³/mol. The minimum atomic E-state index is -0.226. The molecule has 0 saturated carbocycles. The maximum absolute atomic E-state index is 12.6. The smallest absolute Gasteiger partial charge is 0.255 e. The Balaban J connectivity index is 1.68. The third-order valence-electron chi connectivity index (χ3n) is 4.44. The third-order valence-corrected chi connectivity index (χ3v) is 4.44.